The molecule has 0 fully saturated rings. The first-order valence-corrected chi connectivity index (χ1v) is 11.1. The lowest BCUT2D eigenvalue weighted by molar-refractivity contribution is -0.383. The highest BCUT2D eigenvalue weighted by Gasteiger charge is 2.30. The van der Waals surface area contributed by atoms with E-state index in [9.17, 15) is 28.1 Å². The zero-order valence-electron chi connectivity index (χ0n) is 15.2. The summed E-state index contributed by atoms with van der Waals surface area (Å²) in [7, 11) is -2.65. The van der Waals surface area contributed by atoms with E-state index >= 15 is 0 Å². The molecular weight excluding hydrogens is 408 g/mol. The predicted molar refractivity (Wildman–Crippen MR) is 103 cm³/mol. The van der Waals surface area contributed by atoms with Crippen molar-refractivity contribution in [2.75, 3.05) is 13.6 Å². The molecule has 2 aromatic rings. The molecule has 3 rings (SSSR count). The van der Waals surface area contributed by atoms with Gasteiger partial charge >= 0.3 is 10.7 Å². The number of sulfonamides is 1. The number of fused-ring (bicyclic) bond motifs is 1. The maximum atomic E-state index is 12.6. The SMILES string of the molecule is CN(CCCn1c2c(c(=O)[nH]c1=O)CCCC2)S(=O)(=O)c1ccsc1[N+](=O)[O-]. The molecule has 2 heterocycles. The Morgan fingerprint density at radius 3 is 2.75 bits per heavy atom. The van der Waals surface area contributed by atoms with Gasteiger partial charge < -0.3 is 0 Å². The van der Waals surface area contributed by atoms with E-state index in [-0.39, 0.29) is 23.5 Å². The summed E-state index contributed by atoms with van der Waals surface area (Å²) in [6.07, 6.45) is 3.39. The monoisotopic (exact) mass is 428 g/mol. The van der Waals surface area contributed by atoms with Crippen LogP contribution in [0.5, 0.6) is 0 Å². The zero-order valence-corrected chi connectivity index (χ0v) is 16.8. The van der Waals surface area contributed by atoms with E-state index < -0.39 is 25.6 Å². The standard InChI is InChI=1S/C16H20N4O6S2/c1-18(28(25,26)13-7-10-27-15(13)20(23)24)8-4-9-19-12-6-3-2-5-11(12)14(21)17-16(19)22/h7,10H,2-6,8-9H2,1H3,(H,17,21,22). The molecule has 0 aromatic carbocycles. The van der Waals surface area contributed by atoms with Gasteiger partial charge in [-0.15, -0.1) is 0 Å². The lowest BCUT2D eigenvalue weighted by atomic mass is 9.97. The third kappa shape index (κ3) is 3.80. The van der Waals surface area contributed by atoms with Crippen molar-refractivity contribution in [1.82, 2.24) is 13.9 Å². The summed E-state index contributed by atoms with van der Waals surface area (Å²) in [4.78, 5) is 36.5. The maximum absolute atomic E-state index is 12.6. The van der Waals surface area contributed by atoms with Crippen molar-refractivity contribution in [3.05, 3.63) is 53.7 Å². The number of nitro groups is 1. The number of nitrogens with zero attached hydrogens (tertiary/aromatic N) is 3. The second-order valence-corrected chi connectivity index (χ2v) is 9.48. The summed E-state index contributed by atoms with van der Waals surface area (Å²) < 4.78 is 27.8. The predicted octanol–water partition coefficient (Wildman–Crippen LogP) is 1.10. The molecule has 0 bridgehead atoms. The fraction of sp³-hybridized carbons (Fsp3) is 0.500. The largest absolute Gasteiger partial charge is 0.344 e. The molecule has 0 saturated carbocycles. The quantitative estimate of drug-likeness (QED) is 0.518. The molecule has 0 unspecified atom stereocenters. The number of aromatic nitrogens is 2. The molecule has 0 aliphatic heterocycles. The molecule has 0 radical (unpaired) electrons. The van der Waals surface area contributed by atoms with Gasteiger partial charge in [-0.2, -0.15) is 0 Å². The Kier molecular flexibility index (Phi) is 5.82. The molecule has 1 aliphatic rings. The van der Waals surface area contributed by atoms with Gasteiger partial charge in [0.15, 0.2) is 4.90 Å². The number of nitrogens with one attached hydrogen (secondary N) is 1. The Balaban J connectivity index is 1.75. The molecule has 0 atom stereocenters. The van der Waals surface area contributed by atoms with E-state index in [0.717, 1.165) is 34.2 Å². The molecular formula is C16H20N4O6S2. The Hall–Kier alpha value is -2.31. The molecule has 2 aromatic heterocycles. The molecule has 0 amide bonds. The summed E-state index contributed by atoms with van der Waals surface area (Å²) in [5, 5.41) is 12.0. The van der Waals surface area contributed by atoms with E-state index in [1.165, 1.54) is 23.1 Å². The average Bonchev–Trinajstić information content (AvgIpc) is 3.15. The molecule has 0 spiro atoms. The first-order valence-electron chi connectivity index (χ1n) is 8.76. The highest BCUT2D eigenvalue weighted by Crippen LogP contribution is 2.31. The van der Waals surface area contributed by atoms with Gasteiger partial charge in [-0.3, -0.25) is 24.5 Å². The van der Waals surface area contributed by atoms with Gasteiger partial charge in [0.25, 0.3) is 15.6 Å². The number of H-pyrrole nitrogens is 1. The number of hydrogen-bond acceptors (Lipinski definition) is 7. The minimum absolute atomic E-state index is 0.0790. The minimum Gasteiger partial charge on any atom is -0.297 e. The van der Waals surface area contributed by atoms with Gasteiger partial charge in [0, 0.05) is 31.4 Å². The number of rotatable bonds is 7. The zero-order chi connectivity index (χ0) is 20.5. The van der Waals surface area contributed by atoms with Crippen molar-refractivity contribution in [2.45, 2.75) is 43.5 Å². The number of thiophene rings is 1. The Bertz CT molecular complexity index is 1110. The van der Waals surface area contributed by atoms with Crippen LogP contribution in [0.3, 0.4) is 0 Å². The fourth-order valence-corrected chi connectivity index (χ4v) is 5.78. The van der Waals surface area contributed by atoms with E-state index in [4.69, 9.17) is 0 Å². The Morgan fingerprint density at radius 1 is 1.32 bits per heavy atom. The maximum Gasteiger partial charge on any atom is 0.344 e. The topological polar surface area (TPSA) is 135 Å². The number of hydrogen-bond donors (Lipinski definition) is 1. The van der Waals surface area contributed by atoms with Gasteiger partial charge in [0.1, 0.15) is 0 Å². The fourth-order valence-electron chi connectivity index (χ4n) is 3.39. The van der Waals surface area contributed by atoms with Crippen molar-refractivity contribution in [3.8, 4) is 0 Å². The first-order chi connectivity index (χ1) is 13.2. The van der Waals surface area contributed by atoms with Crippen molar-refractivity contribution < 1.29 is 13.3 Å². The summed E-state index contributed by atoms with van der Waals surface area (Å²) in [6.45, 7) is 0.333. The van der Waals surface area contributed by atoms with E-state index in [1.807, 2.05) is 0 Å². The van der Waals surface area contributed by atoms with Crippen LogP contribution < -0.4 is 11.2 Å². The van der Waals surface area contributed by atoms with Crippen LogP contribution in [-0.2, 0) is 29.4 Å². The molecule has 12 heteroatoms. The third-order valence-corrected chi connectivity index (χ3v) is 7.70. The second-order valence-electron chi connectivity index (χ2n) is 6.57. The molecule has 152 valence electrons. The average molecular weight is 428 g/mol. The van der Waals surface area contributed by atoms with Gasteiger partial charge in [-0.05, 0) is 43.6 Å². The first kappa shape index (κ1) is 20.4. The highest BCUT2D eigenvalue weighted by molar-refractivity contribution is 7.89. The van der Waals surface area contributed by atoms with Gasteiger partial charge in [-0.1, -0.05) is 11.3 Å². The van der Waals surface area contributed by atoms with Gasteiger partial charge in [-0.25, -0.2) is 17.5 Å². The normalized spacial score (nSPS) is 14.2. The van der Waals surface area contributed by atoms with Crippen molar-refractivity contribution in [2.24, 2.45) is 0 Å². The number of aromatic amines is 1. The van der Waals surface area contributed by atoms with Crippen LogP contribution in [0.4, 0.5) is 5.00 Å². The van der Waals surface area contributed by atoms with Crippen LogP contribution in [0.2, 0.25) is 0 Å². The van der Waals surface area contributed by atoms with E-state index in [2.05, 4.69) is 4.98 Å². The summed E-state index contributed by atoms with van der Waals surface area (Å²) >= 11 is 0.757. The van der Waals surface area contributed by atoms with Crippen LogP contribution in [-0.4, -0.2) is 40.8 Å². The Labute approximate surface area is 164 Å². The highest BCUT2D eigenvalue weighted by atomic mass is 32.2. The lowest BCUT2D eigenvalue weighted by Gasteiger charge is -2.21. The minimum atomic E-state index is -4.00. The van der Waals surface area contributed by atoms with E-state index in [0.29, 0.717) is 24.8 Å². The molecule has 28 heavy (non-hydrogen) atoms. The summed E-state index contributed by atoms with van der Waals surface area (Å²) in [5.41, 5.74) is 0.504. The summed E-state index contributed by atoms with van der Waals surface area (Å²) in [5.74, 6) is 0. The van der Waals surface area contributed by atoms with Crippen molar-refractivity contribution in [3.63, 3.8) is 0 Å². The second kappa shape index (κ2) is 7.97. The van der Waals surface area contributed by atoms with E-state index in [1.54, 1.807) is 0 Å². The van der Waals surface area contributed by atoms with Crippen molar-refractivity contribution in [1.29, 1.82) is 0 Å². The molecule has 1 N–H and O–H groups in total. The third-order valence-electron chi connectivity index (χ3n) is 4.82. The molecule has 0 saturated heterocycles. The van der Waals surface area contributed by atoms with Crippen molar-refractivity contribution >= 4 is 26.4 Å². The van der Waals surface area contributed by atoms with Crippen LogP contribution in [0.1, 0.15) is 30.5 Å². The van der Waals surface area contributed by atoms with Crippen LogP contribution in [0.25, 0.3) is 0 Å². The smallest absolute Gasteiger partial charge is 0.297 e. The van der Waals surface area contributed by atoms with Crippen LogP contribution in [0.15, 0.2) is 25.9 Å². The lowest BCUT2D eigenvalue weighted by Crippen LogP contribution is -2.37. The van der Waals surface area contributed by atoms with Crippen LogP contribution in [0, 0.1) is 10.1 Å². The van der Waals surface area contributed by atoms with Crippen LogP contribution >= 0.6 is 11.3 Å². The van der Waals surface area contributed by atoms with Gasteiger partial charge in [0.2, 0.25) is 0 Å². The molecule has 10 nitrogen and oxygen atoms in total. The summed E-state index contributed by atoms with van der Waals surface area (Å²) in [6, 6.07) is 1.22. The Morgan fingerprint density at radius 2 is 2.04 bits per heavy atom. The van der Waals surface area contributed by atoms with Gasteiger partial charge in [0.05, 0.1) is 4.92 Å². The molecule has 1 aliphatic carbocycles.